The zero-order valence-corrected chi connectivity index (χ0v) is 21.4. The molecule has 3 nitrogen and oxygen atoms in total. The second kappa shape index (κ2) is 10.7. The van der Waals surface area contributed by atoms with Crippen LogP contribution >= 0.6 is 11.6 Å². The van der Waals surface area contributed by atoms with E-state index in [9.17, 15) is 4.79 Å². The Morgan fingerprint density at radius 3 is 2.43 bits per heavy atom. The molecule has 0 saturated carbocycles. The minimum atomic E-state index is -0.680. The molecule has 0 bridgehead atoms. The van der Waals surface area contributed by atoms with Gasteiger partial charge in [0.05, 0.1) is 18.9 Å². The molecule has 3 aromatic carbocycles. The maximum atomic E-state index is 15.0. The fourth-order valence-electron chi connectivity index (χ4n) is 5.37. The summed E-state index contributed by atoms with van der Waals surface area (Å²) in [6, 6.07) is 18.6. The smallest absolute Gasteiger partial charge is 0.315 e. The zero-order chi connectivity index (χ0) is 25.1. The Bertz CT molecular complexity index is 1250. The molecule has 1 aliphatic heterocycles. The van der Waals surface area contributed by atoms with E-state index in [0.717, 1.165) is 29.5 Å². The highest BCUT2D eigenvalue weighted by Gasteiger charge is 2.42. The van der Waals surface area contributed by atoms with Crippen LogP contribution in [0, 0.1) is 32.5 Å². The van der Waals surface area contributed by atoms with Crippen molar-refractivity contribution in [3.63, 3.8) is 0 Å². The van der Waals surface area contributed by atoms with Crippen LogP contribution in [0.15, 0.2) is 65.7 Å². The second-order valence-corrected chi connectivity index (χ2v) is 9.84. The third-order valence-electron chi connectivity index (χ3n) is 7.12. The quantitative estimate of drug-likeness (QED) is 0.343. The number of methoxy groups -OCH3 is 1. The minimum absolute atomic E-state index is 0.0760. The van der Waals surface area contributed by atoms with Crippen LogP contribution in [0.5, 0.6) is 0 Å². The Morgan fingerprint density at radius 1 is 1.03 bits per heavy atom. The summed E-state index contributed by atoms with van der Waals surface area (Å²) in [7, 11) is 1.39. The van der Waals surface area contributed by atoms with Crippen molar-refractivity contribution < 1.29 is 13.9 Å². The van der Waals surface area contributed by atoms with E-state index in [-0.39, 0.29) is 23.7 Å². The average molecular weight is 492 g/mol. The first-order chi connectivity index (χ1) is 16.8. The lowest BCUT2D eigenvalue weighted by molar-refractivity contribution is -0.143. The Hall–Kier alpha value is -2.98. The third kappa shape index (κ3) is 5.33. The molecule has 0 radical (unpaired) electrons. The lowest BCUT2D eigenvalue weighted by atomic mass is 9.72. The molecule has 3 unspecified atom stereocenters. The minimum Gasteiger partial charge on any atom is -0.468 e. The van der Waals surface area contributed by atoms with Gasteiger partial charge < -0.3 is 4.74 Å². The summed E-state index contributed by atoms with van der Waals surface area (Å²) in [6.45, 7) is 6.21. The largest absolute Gasteiger partial charge is 0.468 e. The van der Waals surface area contributed by atoms with Gasteiger partial charge in [0.1, 0.15) is 11.7 Å². The molecule has 3 aromatic rings. The lowest BCUT2D eigenvalue weighted by Gasteiger charge is -2.36. The van der Waals surface area contributed by atoms with E-state index >= 15 is 4.39 Å². The van der Waals surface area contributed by atoms with Gasteiger partial charge in [0.25, 0.3) is 0 Å². The highest BCUT2D eigenvalue weighted by Crippen LogP contribution is 2.41. The molecule has 1 aliphatic rings. The predicted octanol–water partition coefficient (Wildman–Crippen LogP) is 7.17. The summed E-state index contributed by atoms with van der Waals surface area (Å²) in [5.41, 5.74) is 6.55. The maximum absolute atomic E-state index is 15.0. The van der Waals surface area contributed by atoms with E-state index in [1.165, 1.54) is 24.3 Å². The summed E-state index contributed by atoms with van der Waals surface area (Å²) in [5.74, 6) is -1.61. The molecule has 5 heteroatoms. The Labute approximate surface area is 212 Å². The second-order valence-electron chi connectivity index (χ2n) is 9.41. The molecule has 1 heterocycles. The van der Waals surface area contributed by atoms with E-state index in [0.29, 0.717) is 22.7 Å². The molecule has 0 saturated heterocycles. The summed E-state index contributed by atoms with van der Waals surface area (Å²) in [5, 5.41) is 0.712. The molecule has 35 heavy (non-hydrogen) atoms. The number of benzene rings is 3. The van der Waals surface area contributed by atoms with Crippen molar-refractivity contribution in [2.45, 2.75) is 52.0 Å². The van der Waals surface area contributed by atoms with Gasteiger partial charge in [0.2, 0.25) is 0 Å². The number of hydrogen-bond donors (Lipinski definition) is 0. The van der Waals surface area contributed by atoms with Gasteiger partial charge in [-0.05, 0) is 86.1 Å². The normalized spacial score (nSPS) is 19.8. The first kappa shape index (κ1) is 25.1. The number of carbonyl (C=O) groups excluding carboxylic acids is 1. The van der Waals surface area contributed by atoms with Crippen molar-refractivity contribution in [1.82, 2.24) is 0 Å². The molecule has 4 rings (SSSR count). The highest BCUT2D eigenvalue weighted by atomic mass is 35.5. The number of carbonyl (C=O) groups is 1. The van der Waals surface area contributed by atoms with Gasteiger partial charge in [0.15, 0.2) is 0 Å². The Balaban J connectivity index is 1.81. The predicted molar refractivity (Wildman–Crippen MR) is 140 cm³/mol. The van der Waals surface area contributed by atoms with E-state index < -0.39 is 5.92 Å². The maximum Gasteiger partial charge on any atom is 0.315 e. The first-order valence-corrected chi connectivity index (χ1v) is 12.4. The molecule has 0 N–H and O–H groups in total. The highest BCUT2D eigenvalue weighted by molar-refractivity contribution is 6.30. The zero-order valence-electron chi connectivity index (χ0n) is 20.6. The van der Waals surface area contributed by atoms with Crippen LogP contribution in [0.4, 0.5) is 4.39 Å². The molecule has 0 aromatic heterocycles. The van der Waals surface area contributed by atoms with Gasteiger partial charge in [-0.3, -0.25) is 9.79 Å². The summed E-state index contributed by atoms with van der Waals surface area (Å²) in [6.07, 6.45) is 2.25. The summed E-state index contributed by atoms with van der Waals surface area (Å²) < 4.78 is 20.3. The van der Waals surface area contributed by atoms with Crippen LogP contribution in [-0.2, 0) is 16.0 Å². The number of halogens is 2. The van der Waals surface area contributed by atoms with Crippen LogP contribution < -0.4 is 0 Å². The molecule has 0 aliphatic carbocycles. The molecule has 0 amide bonds. The van der Waals surface area contributed by atoms with E-state index in [1.807, 2.05) is 24.3 Å². The van der Waals surface area contributed by atoms with Crippen molar-refractivity contribution in [2.75, 3.05) is 7.11 Å². The van der Waals surface area contributed by atoms with Crippen LogP contribution in [0.1, 0.15) is 52.1 Å². The molecule has 3 atom stereocenters. The molecular weight excluding hydrogens is 461 g/mol. The summed E-state index contributed by atoms with van der Waals surface area (Å²) in [4.78, 5) is 18.2. The van der Waals surface area contributed by atoms with Crippen molar-refractivity contribution in [3.8, 4) is 0 Å². The van der Waals surface area contributed by atoms with Gasteiger partial charge in [-0.25, -0.2) is 4.39 Å². The van der Waals surface area contributed by atoms with Crippen LogP contribution in [-0.4, -0.2) is 24.8 Å². The molecule has 182 valence electrons. The van der Waals surface area contributed by atoms with Gasteiger partial charge in [0, 0.05) is 16.5 Å². The van der Waals surface area contributed by atoms with E-state index in [1.54, 1.807) is 18.2 Å². The average Bonchev–Trinajstić information content (AvgIpc) is 2.84. The Kier molecular flexibility index (Phi) is 7.71. The van der Waals surface area contributed by atoms with Gasteiger partial charge in [-0.2, -0.15) is 0 Å². The van der Waals surface area contributed by atoms with Crippen LogP contribution in [0.2, 0.25) is 5.02 Å². The fraction of sp³-hybridized carbons (Fsp3) is 0.333. The van der Waals surface area contributed by atoms with Crippen molar-refractivity contribution in [3.05, 3.63) is 105 Å². The number of hydrogen-bond acceptors (Lipinski definition) is 3. The van der Waals surface area contributed by atoms with E-state index in [2.05, 4.69) is 32.9 Å². The fourth-order valence-corrected chi connectivity index (χ4v) is 5.56. The Morgan fingerprint density at radius 2 is 1.74 bits per heavy atom. The number of nitrogens with zero attached hydrogens (tertiary/aromatic N) is 1. The van der Waals surface area contributed by atoms with Gasteiger partial charge in [-0.15, -0.1) is 0 Å². The molecular formula is C30H31ClFNO2. The monoisotopic (exact) mass is 491 g/mol. The standard InChI is InChI=1S/C30H31ClFNO2/c1-18-12-14-22(31)16-21(18)13-15-23-17-25(27-19(2)8-7-9-20(27)3)28(30(34)35-4)29(33-23)24-10-5-6-11-26(24)32/h5-12,14,16,23,25,28H,13,15,17H2,1-4H3. The number of aliphatic imine (C=N–C) groups is 1. The van der Waals surface area contributed by atoms with Crippen LogP contribution in [0.25, 0.3) is 0 Å². The molecule has 0 spiro atoms. The van der Waals surface area contributed by atoms with Gasteiger partial charge in [-0.1, -0.05) is 54.1 Å². The summed E-state index contributed by atoms with van der Waals surface area (Å²) >= 11 is 6.25. The van der Waals surface area contributed by atoms with Gasteiger partial charge >= 0.3 is 5.97 Å². The SMILES string of the molecule is COC(=O)C1C(c2ccccc2F)=NC(CCc2cc(Cl)ccc2C)CC1c1c(C)cccc1C. The number of ether oxygens (including phenoxy) is 1. The van der Waals surface area contributed by atoms with E-state index in [4.69, 9.17) is 21.3 Å². The topological polar surface area (TPSA) is 38.7 Å². The first-order valence-electron chi connectivity index (χ1n) is 12.0. The number of esters is 1. The number of rotatable bonds is 6. The van der Waals surface area contributed by atoms with Crippen molar-refractivity contribution in [2.24, 2.45) is 10.9 Å². The third-order valence-corrected chi connectivity index (χ3v) is 7.36. The number of aryl methyl sites for hydroxylation is 4. The lowest BCUT2D eigenvalue weighted by Crippen LogP contribution is -2.39. The van der Waals surface area contributed by atoms with Crippen molar-refractivity contribution in [1.29, 1.82) is 0 Å². The molecule has 0 fully saturated rings. The van der Waals surface area contributed by atoms with Crippen LogP contribution in [0.3, 0.4) is 0 Å². The van der Waals surface area contributed by atoms with Crippen molar-refractivity contribution >= 4 is 23.3 Å².